The number of nitrogens with two attached hydrogens (primary N) is 1. The third-order valence-electron chi connectivity index (χ3n) is 2.87. The van der Waals surface area contributed by atoms with Gasteiger partial charge in [-0.05, 0) is 18.2 Å². The van der Waals surface area contributed by atoms with Crippen LogP contribution in [0.5, 0.6) is 0 Å². The molecule has 1 unspecified atom stereocenters. The minimum atomic E-state index is -4.10. The van der Waals surface area contributed by atoms with Crippen LogP contribution in [-0.2, 0) is 24.8 Å². The van der Waals surface area contributed by atoms with E-state index in [-0.39, 0.29) is 21.4 Å². The molecule has 1 aliphatic heterocycles. The molecule has 2 rings (SSSR count). The van der Waals surface area contributed by atoms with Crippen LogP contribution in [0, 0.1) is 0 Å². The first-order valence-corrected chi connectivity index (χ1v) is 9.73. The molecule has 1 heterocycles. The Morgan fingerprint density at radius 1 is 1.29 bits per heavy atom. The zero-order chi connectivity index (χ0) is 15.8. The number of hydrogen-bond donors (Lipinski definition) is 2. The van der Waals surface area contributed by atoms with Crippen LogP contribution in [0.15, 0.2) is 34.1 Å². The van der Waals surface area contributed by atoms with Gasteiger partial charge in [-0.2, -0.15) is 4.31 Å². The number of carbonyl (C=O) groups is 1. The Labute approximate surface area is 126 Å². The smallest absolute Gasteiger partial charge is 0.322 e. The maximum absolute atomic E-state index is 12.4. The fourth-order valence-corrected chi connectivity index (χ4v) is 5.62. The molecular formula is C10H12N2O6S3. The molecule has 1 aromatic rings. The Morgan fingerprint density at radius 2 is 1.90 bits per heavy atom. The molecule has 0 aliphatic carbocycles. The first-order valence-electron chi connectivity index (χ1n) is 5.59. The van der Waals surface area contributed by atoms with Gasteiger partial charge in [0.1, 0.15) is 6.04 Å². The van der Waals surface area contributed by atoms with Gasteiger partial charge >= 0.3 is 5.97 Å². The highest BCUT2D eigenvalue weighted by atomic mass is 32.2. The molecule has 3 N–H and O–H groups in total. The summed E-state index contributed by atoms with van der Waals surface area (Å²) in [6.07, 6.45) is 0. The summed E-state index contributed by atoms with van der Waals surface area (Å²) in [6.45, 7) is 0. The number of carboxylic acid groups (broad SMARTS) is 1. The summed E-state index contributed by atoms with van der Waals surface area (Å²) in [5.74, 6) is -1.10. The lowest BCUT2D eigenvalue weighted by molar-refractivity contribution is -0.140. The van der Waals surface area contributed by atoms with Crippen molar-refractivity contribution in [2.24, 2.45) is 5.14 Å². The number of benzene rings is 1. The van der Waals surface area contributed by atoms with Crippen LogP contribution in [0.25, 0.3) is 0 Å². The van der Waals surface area contributed by atoms with Crippen molar-refractivity contribution >= 4 is 37.8 Å². The van der Waals surface area contributed by atoms with Crippen LogP contribution in [0.1, 0.15) is 0 Å². The van der Waals surface area contributed by atoms with Crippen LogP contribution < -0.4 is 5.14 Å². The topological polar surface area (TPSA) is 135 Å². The van der Waals surface area contributed by atoms with Gasteiger partial charge in [0.15, 0.2) is 0 Å². The van der Waals surface area contributed by atoms with Crippen LogP contribution in [0.3, 0.4) is 0 Å². The van der Waals surface area contributed by atoms with E-state index in [4.69, 9.17) is 10.2 Å². The van der Waals surface area contributed by atoms with E-state index in [1.165, 1.54) is 30.0 Å². The van der Waals surface area contributed by atoms with Crippen LogP contribution in [-0.4, -0.2) is 49.9 Å². The predicted octanol–water partition coefficient (Wildman–Crippen LogP) is -0.518. The quantitative estimate of drug-likeness (QED) is 0.744. The van der Waals surface area contributed by atoms with Crippen molar-refractivity contribution in [3.05, 3.63) is 24.3 Å². The number of sulfonamides is 2. The fraction of sp³-hybridized carbons (Fsp3) is 0.300. The number of primary sulfonamides is 1. The highest BCUT2D eigenvalue weighted by Gasteiger charge is 2.40. The molecule has 0 radical (unpaired) electrons. The minimum Gasteiger partial charge on any atom is -0.480 e. The molecule has 1 fully saturated rings. The lowest BCUT2D eigenvalue weighted by atomic mass is 10.4. The van der Waals surface area contributed by atoms with E-state index < -0.39 is 32.1 Å². The molecule has 0 saturated carbocycles. The van der Waals surface area contributed by atoms with Gasteiger partial charge in [-0.15, -0.1) is 11.8 Å². The van der Waals surface area contributed by atoms with Gasteiger partial charge in [0.25, 0.3) is 0 Å². The Kier molecular flexibility index (Phi) is 4.31. The van der Waals surface area contributed by atoms with E-state index in [9.17, 15) is 21.6 Å². The van der Waals surface area contributed by atoms with E-state index in [2.05, 4.69) is 0 Å². The first kappa shape index (κ1) is 16.2. The molecule has 0 spiro atoms. The largest absolute Gasteiger partial charge is 0.480 e. The van der Waals surface area contributed by atoms with E-state index in [0.29, 0.717) is 0 Å². The van der Waals surface area contributed by atoms with Crippen molar-refractivity contribution in [3.63, 3.8) is 0 Å². The summed E-state index contributed by atoms with van der Waals surface area (Å²) in [4.78, 5) is 10.4. The van der Waals surface area contributed by atoms with E-state index >= 15 is 0 Å². The lowest BCUT2D eigenvalue weighted by Gasteiger charge is -2.20. The molecule has 0 amide bonds. The molecule has 1 aliphatic rings. The molecule has 0 aromatic heterocycles. The van der Waals surface area contributed by atoms with Crippen molar-refractivity contribution < 1.29 is 26.7 Å². The maximum Gasteiger partial charge on any atom is 0.322 e. The van der Waals surface area contributed by atoms with Gasteiger partial charge in [-0.3, -0.25) is 4.79 Å². The van der Waals surface area contributed by atoms with E-state index in [1.807, 2.05) is 0 Å². The predicted molar refractivity (Wildman–Crippen MR) is 75.6 cm³/mol. The molecule has 116 valence electrons. The van der Waals surface area contributed by atoms with E-state index in [0.717, 1.165) is 10.4 Å². The van der Waals surface area contributed by atoms with Crippen molar-refractivity contribution in [3.8, 4) is 0 Å². The SMILES string of the molecule is NS(=O)(=O)c1cccc(S(=O)(=O)N2CSCC2C(=O)O)c1. The zero-order valence-corrected chi connectivity index (χ0v) is 13.0. The molecule has 1 saturated heterocycles. The standard InChI is InChI=1S/C10H12N2O6S3/c11-20(15,16)7-2-1-3-8(4-7)21(17,18)12-6-19-5-9(12)10(13)14/h1-4,9H,5-6H2,(H,13,14)(H2,11,15,16). The lowest BCUT2D eigenvalue weighted by Crippen LogP contribution is -2.41. The summed E-state index contributed by atoms with van der Waals surface area (Å²) in [5.41, 5.74) is 0. The second kappa shape index (κ2) is 5.57. The average Bonchev–Trinajstić information content (AvgIpc) is 2.88. The highest BCUT2D eigenvalue weighted by Crippen LogP contribution is 2.29. The molecule has 8 nitrogen and oxygen atoms in total. The van der Waals surface area contributed by atoms with Gasteiger partial charge < -0.3 is 5.11 Å². The molecule has 1 atom stereocenters. The Balaban J connectivity index is 2.48. The first-order chi connectivity index (χ1) is 9.64. The monoisotopic (exact) mass is 352 g/mol. The van der Waals surface area contributed by atoms with Crippen molar-refractivity contribution in [1.82, 2.24) is 4.31 Å². The number of carboxylic acids is 1. The van der Waals surface area contributed by atoms with Gasteiger partial charge in [0.05, 0.1) is 15.7 Å². The molecular weight excluding hydrogens is 340 g/mol. The Morgan fingerprint density at radius 3 is 2.48 bits per heavy atom. The number of hydrogen-bond acceptors (Lipinski definition) is 6. The summed E-state index contributed by atoms with van der Waals surface area (Å²) in [5, 5.41) is 14.0. The zero-order valence-electron chi connectivity index (χ0n) is 10.5. The third kappa shape index (κ3) is 3.21. The number of nitrogens with zero attached hydrogens (tertiary/aromatic N) is 1. The highest BCUT2D eigenvalue weighted by molar-refractivity contribution is 8.00. The van der Waals surface area contributed by atoms with Crippen molar-refractivity contribution in [1.29, 1.82) is 0 Å². The van der Waals surface area contributed by atoms with Gasteiger partial charge in [-0.1, -0.05) is 6.07 Å². The minimum absolute atomic E-state index is 0.00109. The third-order valence-corrected chi connectivity index (χ3v) is 6.80. The maximum atomic E-state index is 12.4. The normalized spacial score (nSPS) is 20.5. The van der Waals surface area contributed by atoms with Gasteiger partial charge in [0, 0.05) is 5.75 Å². The fourth-order valence-electron chi connectivity index (χ4n) is 1.81. The average molecular weight is 352 g/mol. The van der Waals surface area contributed by atoms with Crippen LogP contribution in [0.2, 0.25) is 0 Å². The van der Waals surface area contributed by atoms with E-state index in [1.54, 1.807) is 0 Å². The van der Waals surface area contributed by atoms with Crippen LogP contribution in [0.4, 0.5) is 0 Å². The summed E-state index contributed by atoms with van der Waals surface area (Å²) in [7, 11) is -8.15. The van der Waals surface area contributed by atoms with Gasteiger partial charge in [-0.25, -0.2) is 22.0 Å². The molecule has 1 aromatic carbocycles. The second-order valence-corrected chi connectivity index (χ2v) is 8.72. The molecule has 0 bridgehead atoms. The summed E-state index contributed by atoms with van der Waals surface area (Å²) < 4.78 is 48.3. The number of thioether (sulfide) groups is 1. The molecule has 11 heteroatoms. The summed E-state index contributed by atoms with van der Waals surface area (Å²) in [6, 6.07) is 3.37. The number of aliphatic carboxylic acids is 1. The Bertz CT molecular complexity index is 774. The molecule has 21 heavy (non-hydrogen) atoms. The number of rotatable bonds is 4. The van der Waals surface area contributed by atoms with Crippen molar-refractivity contribution in [2.75, 3.05) is 11.6 Å². The summed E-state index contributed by atoms with van der Waals surface area (Å²) >= 11 is 1.17. The van der Waals surface area contributed by atoms with Gasteiger partial charge in [0.2, 0.25) is 20.0 Å². The van der Waals surface area contributed by atoms with Crippen molar-refractivity contribution in [2.45, 2.75) is 15.8 Å². The second-order valence-electron chi connectivity index (χ2n) is 4.27. The van der Waals surface area contributed by atoms with Crippen LogP contribution >= 0.6 is 11.8 Å². The Hall–Kier alpha value is -1.14.